The molecule has 1 atom stereocenters. The summed E-state index contributed by atoms with van der Waals surface area (Å²) in [5.74, 6) is -0.519. The standard InChI is InChI=1S/C14H17NO7/c1-9(16)20-12(14(2,3)4)22-13(17)21-11-7-5-10(6-8-11)15(18)19/h5-8,12H,1-4H3. The fourth-order valence-corrected chi connectivity index (χ4v) is 1.37. The molecule has 0 heterocycles. The quantitative estimate of drug-likeness (QED) is 0.276. The second-order valence-electron chi connectivity index (χ2n) is 5.53. The molecule has 1 aromatic carbocycles. The predicted molar refractivity (Wildman–Crippen MR) is 75.2 cm³/mol. The van der Waals surface area contributed by atoms with E-state index in [-0.39, 0.29) is 11.4 Å². The number of nitrogens with zero attached hydrogens (tertiary/aromatic N) is 1. The lowest BCUT2D eigenvalue weighted by molar-refractivity contribution is -0.384. The fourth-order valence-electron chi connectivity index (χ4n) is 1.37. The van der Waals surface area contributed by atoms with Crippen LogP contribution in [0.25, 0.3) is 0 Å². The lowest BCUT2D eigenvalue weighted by Crippen LogP contribution is -2.36. The molecule has 22 heavy (non-hydrogen) atoms. The number of esters is 1. The minimum Gasteiger partial charge on any atom is -0.425 e. The number of benzene rings is 1. The molecule has 0 N–H and O–H groups in total. The van der Waals surface area contributed by atoms with Gasteiger partial charge in [-0.25, -0.2) is 4.79 Å². The Bertz CT molecular complexity index is 560. The molecule has 1 aromatic rings. The van der Waals surface area contributed by atoms with E-state index in [1.807, 2.05) is 0 Å². The van der Waals surface area contributed by atoms with E-state index in [0.717, 1.165) is 0 Å². The zero-order valence-corrected chi connectivity index (χ0v) is 12.7. The molecule has 8 nitrogen and oxygen atoms in total. The van der Waals surface area contributed by atoms with Crippen molar-refractivity contribution in [1.82, 2.24) is 0 Å². The molecule has 0 aliphatic carbocycles. The summed E-state index contributed by atoms with van der Waals surface area (Å²) in [7, 11) is 0. The van der Waals surface area contributed by atoms with Crippen molar-refractivity contribution in [3.63, 3.8) is 0 Å². The first kappa shape index (κ1) is 17.4. The van der Waals surface area contributed by atoms with Gasteiger partial charge in [0.2, 0.25) is 0 Å². The smallest absolute Gasteiger partial charge is 0.425 e. The summed E-state index contributed by atoms with van der Waals surface area (Å²) in [4.78, 5) is 32.7. The maximum atomic E-state index is 11.7. The first-order valence-corrected chi connectivity index (χ1v) is 6.39. The van der Waals surface area contributed by atoms with Crippen LogP contribution in [-0.4, -0.2) is 23.3 Å². The van der Waals surface area contributed by atoms with Crippen molar-refractivity contribution in [3.8, 4) is 5.75 Å². The third-order valence-corrected chi connectivity index (χ3v) is 2.43. The third kappa shape index (κ3) is 5.39. The van der Waals surface area contributed by atoms with Gasteiger partial charge in [0.15, 0.2) is 0 Å². The highest BCUT2D eigenvalue weighted by Crippen LogP contribution is 2.25. The molecular formula is C14H17NO7. The second-order valence-corrected chi connectivity index (χ2v) is 5.53. The van der Waals surface area contributed by atoms with Gasteiger partial charge in [0.05, 0.1) is 4.92 Å². The van der Waals surface area contributed by atoms with Gasteiger partial charge in [-0.05, 0) is 12.1 Å². The summed E-state index contributed by atoms with van der Waals surface area (Å²) in [6.45, 7) is 6.36. The highest BCUT2D eigenvalue weighted by molar-refractivity contribution is 5.67. The van der Waals surface area contributed by atoms with E-state index < -0.39 is 28.8 Å². The van der Waals surface area contributed by atoms with Gasteiger partial charge in [-0.15, -0.1) is 0 Å². The molecule has 0 radical (unpaired) electrons. The summed E-state index contributed by atoms with van der Waals surface area (Å²) < 4.78 is 14.8. The lowest BCUT2D eigenvalue weighted by Gasteiger charge is -2.28. The van der Waals surface area contributed by atoms with Crippen LogP contribution in [0, 0.1) is 15.5 Å². The molecule has 1 unspecified atom stereocenters. The summed E-state index contributed by atoms with van der Waals surface area (Å²) in [5, 5.41) is 10.5. The number of carbonyl (C=O) groups is 2. The van der Waals surface area contributed by atoms with Crippen molar-refractivity contribution in [2.24, 2.45) is 5.41 Å². The summed E-state index contributed by atoms with van der Waals surface area (Å²) in [6.07, 6.45) is -2.19. The Labute approximate surface area is 127 Å². The molecular weight excluding hydrogens is 294 g/mol. The SMILES string of the molecule is CC(=O)OC(OC(=O)Oc1ccc([N+](=O)[O-])cc1)C(C)(C)C. The summed E-state index contributed by atoms with van der Waals surface area (Å²) >= 11 is 0. The van der Waals surface area contributed by atoms with Crippen molar-refractivity contribution in [3.05, 3.63) is 34.4 Å². The van der Waals surface area contributed by atoms with Gasteiger partial charge < -0.3 is 14.2 Å². The van der Waals surface area contributed by atoms with Crippen molar-refractivity contribution in [2.45, 2.75) is 34.0 Å². The van der Waals surface area contributed by atoms with Crippen molar-refractivity contribution < 1.29 is 28.7 Å². The van der Waals surface area contributed by atoms with Crippen LogP contribution in [0.2, 0.25) is 0 Å². The van der Waals surface area contributed by atoms with E-state index in [9.17, 15) is 19.7 Å². The van der Waals surface area contributed by atoms with Gasteiger partial charge in [0.1, 0.15) is 5.75 Å². The van der Waals surface area contributed by atoms with Gasteiger partial charge in [0, 0.05) is 24.5 Å². The largest absolute Gasteiger partial charge is 0.516 e. The average Bonchev–Trinajstić information content (AvgIpc) is 2.36. The lowest BCUT2D eigenvalue weighted by atomic mass is 9.96. The second kappa shape index (κ2) is 6.88. The Morgan fingerprint density at radius 3 is 2.09 bits per heavy atom. The third-order valence-electron chi connectivity index (χ3n) is 2.43. The van der Waals surface area contributed by atoms with Crippen molar-refractivity contribution >= 4 is 17.8 Å². The van der Waals surface area contributed by atoms with Crippen LogP contribution in [-0.2, 0) is 14.3 Å². The molecule has 0 amide bonds. The predicted octanol–water partition coefficient (Wildman–Crippen LogP) is 3.05. The van der Waals surface area contributed by atoms with E-state index in [1.165, 1.54) is 31.2 Å². The topological polar surface area (TPSA) is 105 Å². The molecule has 0 saturated heterocycles. The number of non-ortho nitro benzene ring substituents is 1. The van der Waals surface area contributed by atoms with E-state index in [0.29, 0.717) is 0 Å². The minimum absolute atomic E-state index is 0.0751. The molecule has 0 saturated carbocycles. The van der Waals surface area contributed by atoms with E-state index in [1.54, 1.807) is 20.8 Å². The number of rotatable bonds is 4. The number of hydrogen-bond donors (Lipinski definition) is 0. The van der Waals surface area contributed by atoms with Crippen LogP contribution in [0.15, 0.2) is 24.3 Å². The normalized spacial score (nSPS) is 12.2. The zero-order valence-electron chi connectivity index (χ0n) is 12.7. The van der Waals surface area contributed by atoms with Gasteiger partial charge in [-0.2, -0.15) is 0 Å². The van der Waals surface area contributed by atoms with Gasteiger partial charge in [0.25, 0.3) is 12.0 Å². The Morgan fingerprint density at radius 2 is 1.68 bits per heavy atom. The molecule has 0 aromatic heterocycles. The van der Waals surface area contributed by atoms with Crippen molar-refractivity contribution in [1.29, 1.82) is 0 Å². The monoisotopic (exact) mass is 311 g/mol. The molecule has 8 heteroatoms. The highest BCUT2D eigenvalue weighted by Gasteiger charge is 2.32. The van der Waals surface area contributed by atoms with Crippen LogP contribution in [0.1, 0.15) is 27.7 Å². The average molecular weight is 311 g/mol. The molecule has 1 rings (SSSR count). The first-order chi connectivity index (χ1) is 10.1. The number of ether oxygens (including phenoxy) is 3. The molecule has 0 fully saturated rings. The Morgan fingerprint density at radius 1 is 1.14 bits per heavy atom. The van der Waals surface area contributed by atoms with Crippen LogP contribution >= 0.6 is 0 Å². The maximum absolute atomic E-state index is 11.7. The van der Waals surface area contributed by atoms with Gasteiger partial charge in [-0.1, -0.05) is 20.8 Å². The maximum Gasteiger partial charge on any atom is 0.516 e. The van der Waals surface area contributed by atoms with Crippen LogP contribution in [0.4, 0.5) is 10.5 Å². The Hall–Kier alpha value is -2.64. The first-order valence-electron chi connectivity index (χ1n) is 6.39. The summed E-state index contributed by atoms with van der Waals surface area (Å²) in [6, 6.07) is 4.90. The fraction of sp³-hybridized carbons (Fsp3) is 0.429. The molecule has 0 bridgehead atoms. The molecule has 120 valence electrons. The number of carbonyl (C=O) groups excluding carboxylic acids is 2. The van der Waals surface area contributed by atoms with E-state index >= 15 is 0 Å². The van der Waals surface area contributed by atoms with Crippen LogP contribution in [0.5, 0.6) is 5.75 Å². The highest BCUT2D eigenvalue weighted by atomic mass is 16.8. The summed E-state index contributed by atoms with van der Waals surface area (Å²) in [5.41, 5.74) is -0.770. The van der Waals surface area contributed by atoms with Crippen molar-refractivity contribution in [2.75, 3.05) is 0 Å². The minimum atomic E-state index is -1.12. The molecule has 0 aliphatic heterocycles. The Balaban J connectivity index is 2.71. The van der Waals surface area contributed by atoms with Gasteiger partial charge >= 0.3 is 12.1 Å². The van der Waals surface area contributed by atoms with E-state index in [4.69, 9.17) is 14.2 Å². The molecule has 0 aliphatic rings. The van der Waals surface area contributed by atoms with Crippen LogP contribution < -0.4 is 4.74 Å². The Kier molecular flexibility index (Phi) is 5.44. The number of nitro groups is 1. The van der Waals surface area contributed by atoms with E-state index in [2.05, 4.69) is 0 Å². The zero-order chi connectivity index (χ0) is 16.9. The molecule has 0 spiro atoms. The van der Waals surface area contributed by atoms with Gasteiger partial charge in [-0.3, -0.25) is 14.9 Å². The number of hydrogen-bond acceptors (Lipinski definition) is 7. The van der Waals surface area contributed by atoms with Crippen LogP contribution in [0.3, 0.4) is 0 Å². The number of nitro benzene ring substituents is 1.